The van der Waals surface area contributed by atoms with Crippen LogP contribution in [0.1, 0.15) is 11.5 Å². The lowest BCUT2D eigenvalue weighted by Crippen LogP contribution is -1.82. The van der Waals surface area contributed by atoms with Crippen molar-refractivity contribution >= 4 is 11.6 Å². The average molecular weight is 209 g/mol. The summed E-state index contributed by atoms with van der Waals surface area (Å²) in [7, 11) is 0. The summed E-state index contributed by atoms with van der Waals surface area (Å²) in [5.41, 5.74) is 2.12. The number of aromatic nitrogens is 2. The first kappa shape index (κ1) is 9.21. The van der Waals surface area contributed by atoms with Crippen LogP contribution in [0.3, 0.4) is 0 Å². The highest BCUT2D eigenvalue weighted by molar-refractivity contribution is 6.16. The second-order valence-corrected chi connectivity index (χ2v) is 3.28. The van der Waals surface area contributed by atoms with E-state index < -0.39 is 0 Å². The van der Waals surface area contributed by atoms with Crippen LogP contribution in [0, 0.1) is 6.92 Å². The van der Waals surface area contributed by atoms with E-state index in [9.17, 15) is 0 Å². The third-order valence-corrected chi connectivity index (χ3v) is 2.09. The second-order valence-electron chi connectivity index (χ2n) is 3.01. The van der Waals surface area contributed by atoms with Crippen molar-refractivity contribution in [1.29, 1.82) is 0 Å². The lowest BCUT2D eigenvalue weighted by atomic mass is 10.1. The van der Waals surface area contributed by atoms with E-state index in [1.807, 2.05) is 31.2 Å². The maximum atomic E-state index is 5.56. The van der Waals surface area contributed by atoms with E-state index in [0.717, 1.165) is 5.56 Å². The standard InChI is InChI=1S/C10H9ClN2O/c1-7-3-2-4-8(5-7)10-12-9(6-11)14-13-10/h2-5H,6H2,1H3. The molecule has 0 radical (unpaired) electrons. The van der Waals surface area contributed by atoms with E-state index in [4.69, 9.17) is 16.1 Å². The Bertz CT molecular complexity index is 439. The van der Waals surface area contributed by atoms with Crippen LogP contribution in [0.2, 0.25) is 0 Å². The van der Waals surface area contributed by atoms with Crippen LogP contribution in [0.25, 0.3) is 11.4 Å². The highest BCUT2D eigenvalue weighted by atomic mass is 35.5. The van der Waals surface area contributed by atoms with E-state index in [1.165, 1.54) is 5.56 Å². The first-order valence-electron chi connectivity index (χ1n) is 4.25. The molecule has 0 N–H and O–H groups in total. The van der Waals surface area contributed by atoms with Gasteiger partial charge in [0.1, 0.15) is 5.88 Å². The van der Waals surface area contributed by atoms with Crippen molar-refractivity contribution in [3.8, 4) is 11.4 Å². The zero-order chi connectivity index (χ0) is 9.97. The van der Waals surface area contributed by atoms with Gasteiger partial charge in [0, 0.05) is 5.56 Å². The van der Waals surface area contributed by atoms with Crippen molar-refractivity contribution in [2.24, 2.45) is 0 Å². The summed E-state index contributed by atoms with van der Waals surface area (Å²) >= 11 is 5.56. The minimum Gasteiger partial charge on any atom is -0.338 e. The molecule has 0 fully saturated rings. The van der Waals surface area contributed by atoms with Gasteiger partial charge in [0.05, 0.1) is 0 Å². The van der Waals surface area contributed by atoms with Gasteiger partial charge < -0.3 is 4.52 Å². The van der Waals surface area contributed by atoms with Gasteiger partial charge in [-0.05, 0) is 13.0 Å². The Balaban J connectivity index is 2.39. The molecule has 1 aromatic heterocycles. The number of aryl methyl sites for hydroxylation is 1. The molecule has 0 atom stereocenters. The molecule has 14 heavy (non-hydrogen) atoms. The summed E-state index contributed by atoms with van der Waals surface area (Å²) in [5.74, 6) is 1.28. The van der Waals surface area contributed by atoms with Crippen molar-refractivity contribution in [3.05, 3.63) is 35.7 Å². The molecule has 0 aliphatic heterocycles. The normalized spacial score (nSPS) is 10.4. The fourth-order valence-corrected chi connectivity index (χ4v) is 1.32. The second kappa shape index (κ2) is 3.80. The molecule has 0 aliphatic carbocycles. The van der Waals surface area contributed by atoms with Crippen LogP contribution in [-0.2, 0) is 5.88 Å². The van der Waals surface area contributed by atoms with E-state index in [2.05, 4.69) is 10.1 Å². The molecular formula is C10H9ClN2O. The van der Waals surface area contributed by atoms with E-state index >= 15 is 0 Å². The van der Waals surface area contributed by atoms with E-state index in [-0.39, 0.29) is 5.88 Å². The average Bonchev–Trinajstić information content (AvgIpc) is 2.66. The van der Waals surface area contributed by atoms with Crippen molar-refractivity contribution in [1.82, 2.24) is 10.1 Å². The lowest BCUT2D eigenvalue weighted by molar-refractivity contribution is 0.391. The molecule has 0 bridgehead atoms. The fourth-order valence-electron chi connectivity index (χ4n) is 1.21. The Labute approximate surface area is 86.7 Å². The van der Waals surface area contributed by atoms with Crippen LogP contribution in [-0.4, -0.2) is 10.1 Å². The minimum absolute atomic E-state index is 0.249. The summed E-state index contributed by atoms with van der Waals surface area (Å²) in [6.07, 6.45) is 0. The monoisotopic (exact) mass is 208 g/mol. The Kier molecular flexibility index (Phi) is 2.50. The number of hydrogen-bond donors (Lipinski definition) is 0. The topological polar surface area (TPSA) is 38.9 Å². The summed E-state index contributed by atoms with van der Waals surface area (Å²) in [4.78, 5) is 4.13. The van der Waals surface area contributed by atoms with Crippen LogP contribution in [0.15, 0.2) is 28.8 Å². The third kappa shape index (κ3) is 1.77. The molecule has 0 amide bonds. The van der Waals surface area contributed by atoms with Gasteiger partial charge in [-0.15, -0.1) is 11.6 Å². The highest BCUT2D eigenvalue weighted by Gasteiger charge is 2.06. The van der Waals surface area contributed by atoms with Crippen molar-refractivity contribution in [2.75, 3.05) is 0 Å². The van der Waals surface area contributed by atoms with Gasteiger partial charge in [0.2, 0.25) is 11.7 Å². The number of benzene rings is 1. The van der Waals surface area contributed by atoms with Crippen molar-refractivity contribution in [2.45, 2.75) is 12.8 Å². The molecule has 2 aromatic rings. The summed E-state index contributed by atoms with van der Waals surface area (Å²) in [5, 5.41) is 3.83. The molecule has 72 valence electrons. The number of nitrogens with zero attached hydrogens (tertiary/aromatic N) is 2. The van der Waals surface area contributed by atoms with Gasteiger partial charge in [0.25, 0.3) is 0 Å². The van der Waals surface area contributed by atoms with Crippen molar-refractivity contribution < 1.29 is 4.52 Å². The van der Waals surface area contributed by atoms with Crippen LogP contribution < -0.4 is 0 Å². The molecular weight excluding hydrogens is 200 g/mol. The van der Waals surface area contributed by atoms with Gasteiger partial charge in [-0.1, -0.05) is 28.9 Å². The fraction of sp³-hybridized carbons (Fsp3) is 0.200. The first-order chi connectivity index (χ1) is 6.79. The summed E-state index contributed by atoms with van der Waals surface area (Å²) in [6.45, 7) is 2.02. The number of rotatable bonds is 2. The summed E-state index contributed by atoms with van der Waals surface area (Å²) < 4.78 is 4.92. The molecule has 1 heterocycles. The summed E-state index contributed by atoms with van der Waals surface area (Å²) in [6, 6.07) is 7.92. The third-order valence-electron chi connectivity index (χ3n) is 1.86. The zero-order valence-corrected chi connectivity index (χ0v) is 8.45. The molecule has 3 nitrogen and oxygen atoms in total. The molecule has 4 heteroatoms. The smallest absolute Gasteiger partial charge is 0.241 e. The van der Waals surface area contributed by atoms with Crippen LogP contribution in [0.4, 0.5) is 0 Å². The van der Waals surface area contributed by atoms with Gasteiger partial charge in [0.15, 0.2) is 0 Å². The van der Waals surface area contributed by atoms with Gasteiger partial charge in [-0.2, -0.15) is 4.98 Å². The SMILES string of the molecule is Cc1cccc(-c2noc(CCl)n2)c1. The zero-order valence-electron chi connectivity index (χ0n) is 7.70. The molecule has 1 aromatic carbocycles. The Morgan fingerprint density at radius 2 is 2.29 bits per heavy atom. The van der Waals surface area contributed by atoms with Gasteiger partial charge >= 0.3 is 0 Å². The van der Waals surface area contributed by atoms with Crippen molar-refractivity contribution in [3.63, 3.8) is 0 Å². The van der Waals surface area contributed by atoms with E-state index in [0.29, 0.717) is 11.7 Å². The Morgan fingerprint density at radius 3 is 2.93 bits per heavy atom. The van der Waals surface area contributed by atoms with E-state index in [1.54, 1.807) is 0 Å². The highest BCUT2D eigenvalue weighted by Crippen LogP contribution is 2.17. The maximum Gasteiger partial charge on any atom is 0.241 e. The largest absolute Gasteiger partial charge is 0.338 e. The predicted octanol–water partition coefficient (Wildman–Crippen LogP) is 2.78. The lowest BCUT2D eigenvalue weighted by Gasteiger charge is -1.94. The van der Waals surface area contributed by atoms with Crippen LogP contribution in [0.5, 0.6) is 0 Å². The maximum absolute atomic E-state index is 5.56. The molecule has 0 spiro atoms. The predicted molar refractivity (Wildman–Crippen MR) is 54.0 cm³/mol. The Morgan fingerprint density at radius 1 is 1.43 bits per heavy atom. The first-order valence-corrected chi connectivity index (χ1v) is 4.78. The minimum atomic E-state index is 0.249. The van der Waals surface area contributed by atoms with Gasteiger partial charge in [-0.25, -0.2) is 0 Å². The molecule has 2 rings (SSSR count). The number of hydrogen-bond acceptors (Lipinski definition) is 3. The Hall–Kier alpha value is -1.35. The molecule has 0 unspecified atom stereocenters. The van der Waals surface area contributed by atoms with Crippen LogP contribution >= 0.6 is 11.6 Å². The molecule has 0 saturated heterocycles. The van der Waals surface area contributed by atoms with Gasteiger partial charge in [-0.3, -0.25) is 0 Å². The molecule has 0 saturated carbocycles. The number of alkyl halides is 1. The molecule has 0 aliphatic rings. The number of halogens is 1. The quantitative estimate of drug-likeness (QED) is 0.713.